The van der Waals surface area contributed by atoms with E-state index >= 15 is 0 Å². The molecule has 6 heteroatoms. The Morgan fingerprint density at radius 1 is 0.575 bits per heavy atom. The number of rotatable bonds is 19. The van der Waals surface area contributed by atoms with E-state index in [1.807, 2.05) is 30.3 Å². The molecule has 0 radical (unpaired) electrons. The van der Waals surface area contributed by atoms with Crippen molar-refractivity contribution < 1.29 is 28.5 Å². The summed E-state index contributed by atoms with van der Waals surface area (Å²) in [5.74, 6) is 0.479. The Bertz CT molecular complexity index is 1220. The summed E-state index contributed by atoms with van der Waals surface area (Å²) in [6, 6.07) is 14.0. The SMILES string of the molecule is CCCCCCOC(=O)COc1c2ccccc2c(OCC(=O)OCCCCCC)c2cc(CCCC)ccc12. The summed E-state index contributed by atoms with van der Waals surface area (Å²) in [6.45, 7) is 6.95. The van der Waals surface area contributed by atoms with Crippen LogP contribution in [0.25, 0.3) is 21.5 Å². The normalized spacial score (nSPS) is 11.1. The highest BCUT2D eigenvalue weighted by molar-refractivity contribution is 6.11. The van der Waals surface area contributed by atoms with Crippen LogP contribution in [0.5, 0.6) is 11.5 Å². The summed E-state index contributed by atoms with van der Waals surface area (Å²) in [4.78, 5) is 25.0. The van der Waals surface area contributed by atoms with Gasteiger partial charge in [0.1, 0.15) is 11.5 Å². The van der Waals surface area contributed by atoms with Crippen LogP contribution in [-0.2, 0) is 25.5 Å². The third-order valence-corrected chi connectivity index (χ3v) is 7.00. The summed E-state index contributed by atoms with van der Waals surface area (Å²) in [7, 11) is 0. The molecule has 0 fully saturated rings. The van der Waals surface area contributed by atoms with Gasteiger partial charge in [-0.05, 0) is 37.3 Å². The number of esters is 2. The molecule has 3 aromatic carbocycles. The Morgan fingerprint density at radius 2 is 1.07 bits per heavy atom. The van der Waals surface area contributed by atoms with Crippen LogP contribution in [0.2, 0.25) is 0 Å². The Labute approximate surface area is 239 Å². The van der Waals surface area contributed by atoms with E-state index in [0.717, 1.165) is 92.2 Å². The van der Waals surface area contributed by atoms with E-state index in [1.54, 1.807) is 0 Å². The van der Waals surface area contributed by atoms with Crippen LogP contribution in [0.4, 0.5) is 0 Å². The highest BCUT2D eigenvalue weighted by atomic mass is 16.6. The van der Waals surface area contributed by atoms with Crippen molar-refractivity contribution in [2.75, 3.05) is 26.4 Å². The zero-order valence-electron chi connectivity index (χ0n) is 24.6. The highest BCUT2D eigenvalue weighted by Crippen LogP contribution is 2.43. The lowest BCUT2D eigenvalue weighted by Crippen LogP contribution is -2.17. The molecular weight excluding hydrogens is 504 g/mol. The maximum absolute atomic E-state index is 12.5. The van der Waals surface area contributed by atoms with E-state index < -0.39 is 0 Å². The van der Waals surface area contributed by atoms with Gasteiger partial charge in [-0.2, -0.15) is 0 Å². The van der Waals surface area contributed by atoms with Gasteiger partial charge in [0.05, 0.1) is 13.2 Å². The largest absolute Gasteiger partial charge is 0.481 e. The molecule has 0 saturated heterocycles. The van der Waals surface area contributed by atoms with Gasteiger partial charge in [-0.15, -0.1) is 0 Å². The maximum atomic E-state index is 12.5. The summed E-state index contributed by atoms with van der Waals surface area (Å²) in [5, 5.41) is 3.32. The number of carbonyl (C=O) groups excluding carboxylic acids is 2. The first-order valence-electron chi connectivity index (χ1n) is 15.1. The molecule has 0 heterocycles. The molecule has 0 aromatic heterocycles. The van der Waals surface area contributed by atoms with Crippen LogP contribution in [-0.4, -0.2) is 38.4 Å². The van der Waals surface area contributed by atoms with E-state index in [4.69, 9.17) is 18.9 Å². The molecule has 0 aliphatic heterocycles. The van der Waals surface area contributed by atoms with Gasteiger partial charge in [0.2, 0.25) is 0 Å². The van der Waals surface area contributed by atoms with Gasteiger partial charge in [-0.3, -0.25) is 0 Å². The number of carbonyl (C=O) groups is 2. The molecule has 0 unspecified atom stereocenters. The Morgan fingerprint density at radius 3 is 1.60 bits per heavy atom. The van der Waals surface area contributed by atoms with Crippen molar-refractivity contribution in [3.63, 3.8) is 0 Å². The molecule has 40 heavy (non-hydrogen) atoms. The minimum absolute atomic E-state index is 0.170. The number of ether oxygens (including phenoxy) is 4. The van der Waals surface area contributed by atoms with E-state index in [9.17, 15) is 9.59 Å². The maximum Gasteiger partial charge on any atom is 0.344 e. The Kier molecular flexibility index (Phi) is 13.6. The molecule has 0 saturated carbocycles. The summed E-state index contributed by atoms with van der Waals surface area (Å²) < 4.78 is 23.1. The van der Waals surface area contributed by atoms with Crippen molar-refractivity contribution >= 4 is 33.5 Å². The van der Waals surface area contributed by atoms with Crippen LogP contribution in [0, 0.1) is 0 Å². The molecule has 3 rings (SSSR count). The van der Waals surface area contributed by atoms with Crippen LogP contribution < -0.4 is 9.47 Å². The third-order valence-electron chi connectivity index (χ3n) is 7.00. The predicted molar refractivity (Wildman–Crippen MR) is 161 cm³/mol. The minimum atomic E-state index is -0.379. The first kappa shape index (κ1) is 31.3. The van der Waals surface area contributed by atoms with Crippen molar-refractivity contribution in [1.29, 1.82) is 0 Å². The quantitative estimate of drug-likeness (QED) is 0.0849. The fourth-order valence-electron chi connectivity index (χ4n) is 4.77. The number of unbranched alkanes of at least 4 members (excludes halogenated alkanes) is 7. The molecule has 6 nitrogen and oxygen atoms in total. The van der Waals surface area contributed by atoms with Gasteiger partial charge in [-0.25, -0.2) is 9.59 Å². The van der Waals surface area contributed by atoms with Crippen molar-refractivity contribution in [2.24, 2.45) is 0 Å². The van der Waals surface area contributed by atoms with Crippen molar-refractivity contribution in [2.45, 2.75) is 91.4 Å². The minimum Gasteiger partial charge on any atom is -0.481 e. The van der Waals surface area contributed by atoms with Gasteiger partial charge >= 0.3 is 11.9 Å². The molecule has 218 valence electrons. The fourth-order valence-corrected chi connectivity index (χ4v) is 4.77. The van der Waals surface area contributed by atoms with Crippen LogP contribution in [0.3, 0.4) is 0 Å². The number of aryl methyl sites for hydroxylation is 1. The average Bonchev–Trinajstić information content (AvgIpc) is 2.97. The first-order valence-corrected chi connectivity index (χ1v) is 15.1. The average molecular weight is 551 g/mol. The second-order valence-electron chi connectivity index (χ2n) is 10.3. The Hall–Kier alpha value is -3.28. The van der Waals surface area contributed by atoms with Crippen LogP contribution >= 0.6 is 0 Å². The van der Waals surface area contributed by atoms with Crippen LogP contribution in [0.1, 0.15) is 90.5 Å². The standard InChI is InChI=1S/C34H46O6/c1-4-7-10-14-21-37-31(35)24-39-33-27-17-12-13-18-28(27)34(40-25-32(36)38-22-15-11-8-5-2)30-23-26(16-9-6-3)19-20-29(30)33/h12-13,17-20,23H,4-11,14-16,21-22,24-25H2,1-3H3. The zero-order valence-corrected chi connectivity index (χ0v) is 24.6. The van der Waals surface area contributed by atoms with Crippen molar-refractivity contribution in [3.8, 4) is 11.5 Å². The van der Waals surface area contributed by atoms with Gasteiger partial charge in [-0.1, -0.05) is 102 Å². The monoisotopic (exact) mass is 550 g/mol. The second kappa shape index (κ2) is 17.4. The predicted octanol–water partition coefficient (Wildman–Crippen LogP) is 8.34. The first-order chi connectivity index (χ1) is 19.6. The molecule has 0 aliphatic rings. The molecule has 3 aromatic rings. The number of hydrogen-bond donors (Lipinski definition) is 0. The van der Waals surface area contributed by atoms with E-state index in [0.29, 0.717) is 24.7 Å². The molecule has 0 atom stereocenters. The third kappa shape index (κ3) is 9.42. The number of benzene rings is 3. The lowest BCUT2D eigenvalue weighted by molar-refractivity contribution is -0.147. The Balaban J connectivity index is 1.85. The van der Waals surface area contributed by atoms with Gasteiger partial charge in [0.25, 0.3) is 0 Å². The molecular formula is C34H46O6. The van der Waals surface area contributed by atoms with E-state index in [1.165, 1.54) is 5.56 Å². The lowest BCUT2D eigenvalue weighted by atomic mass is 9.97. The number of fused-ring (bicyclic) bond motifs is 2. The smallest absolute Gasteiger partial charge is 0.344 e. The van der Waals surface area contributed by atoms with Gasteiger partial charge in [0, 0.05) is 21.5 Å². The summed E-state index contributed by atoms with van der Waals surface area (Å²) in [5.41, 5.74) is 1.19. The van der Waals surface area contributed by atoms with Crippen LogP contribution in [0.15, 0.2) is 42.5 Å². The topological polar surface area (TPSA) is 71.1 Å². The fraction of sp³-hybridized carbons (Fsp3) is 0.529. The summed E-state index contributed by atoms with van der Waals surface area (Å²) in [6.07, 6.45) is 11.5. The van der Waals surface area contributed by atoms with E-state index in [2.05, 4.69) is 32.9 Å². The lowest BCUT2D eigenvalue weighted by Gasteiger charge is -2.18. The molecule has 0 N–H and O–H groups in total. The number of hydrogen-bond acceptors (Lipinski definition) is 6. The molecule has 0 amide bonds. The second-order valence-corrected chi connectivity index (χ2v) is 10.3. The van der Waals surface area contributed by atoms with Crippen molar-refractivity contribution in [3.05, 3.63) is 48.0 Å². The summed E-state index contributed by atoms with van der Waals surface area (Å²) >= 11 is 0. The molecule has 0 aliphatic carbocycles. The van der Waals surface area contributed by atoms with Gasteiger partial charge < -0.3 is 18.9 Å². The van der Waals surface area contributed by atoms with E-state index in [-0.39, 0.29) is 25.2 Å². The zero-order chi connectivity index (χ0) is 28.6. The van der Waals surface area contributed by atoms with Gasteiger partial charge in [0.15, 0.2) is 13.2 Å². The molecule has 0 spiro atoms. The highest BCUT2D eigenvalue weighted by Gasteiger charge is 2.19. The molecule has 0 bridgehead atoms. The van der Waals surface area contributed by atoms with Crippen molar-refractivity contribution in [1.82, 2.24) is 0 Å².